The minimum absolute atomic E-state index is 0.0671. The number of carboxylic acid groups (broad SMARTS) is 1. The highest BCUT2D eigenvalue weighted by atomic mass is 35.5. The summed E-state index contributed by atoms with van der Waals surface area (Å²) in [7, 11) is 1.60. The second-order valence-electron chi connectivity index (χ2n) is 9.50. The molecule has 1 fully saturated rings. The monoisotopic (exact) mass is 516 g/mol. The van der Waals surface area contributed by atoms with E-state index in [0.29, 0.717) is 62.4 Å². The van der Waals surface area contributed by atoms with Crippen LogP contribution in [0.4, 0.5) is 8.78 Å². The number of nitrogens with zero attached hydrogens (tertiary/aromatic N) is 2. The third kappa shape index (κ3) is 5.18. The SMILES string of the molecule is CCC(c1c(F)cccc1F)N1CCC(CCCc2c(Cl)cnc3ccc(OC)cc23)(C(=O)O)CC1. The van der Waals surface area contributed by atoms with Crippen LogP contribution in [0.5, 0.6) is 5.75 Å². The molecule has 0 spiro atoms. The van der Waals surface area contributed by atoms with Crippen molar-refractivity contribution < 1.29 is 23.4 Å². The lowest BCUT2D eigenvalue weighted by Gasteiger charge is -2.42. The zero-order valence-electron chi connectivity index (χ0n) is 20.6. The number of halogens is 3. The Kier molecular flexibility index (Phi) is 8.10. The summed E-state index contributed by atoms with van der Waals surface area (Å²) in [6, 6.07) is 9.12. The van der Waals surface area contributed by atoms with Crippen molar-refractivity contribution in [2.75, 3.05) is 20.2 Å². The van der Waals surface area contributed by atoms with E-state index in [1.54, 1.807) is 13.3 Å². The molecule has 5 nitrogen and oxygen atoms in total. The number of likely N-dealkylation sites (tertiary alicyclic amines) is 1. The Balaban J connectivity index is 1.47. The summed E-state index contributed by atoms with van der Waals surface area (Å²) in [5, 5.41) is 11.6. The molecule has 1 atom stereocenters. The van der Waals surface area contributed by atoms with Crippen LogP contribution in [0.15, 0.2) is 42.6 Å². The van der Waals surface area contributed by atoms with Crippen LogP contribution in [0, 0.1) is 17.0 Å². The first kappa shape index (κ1) is 26.3. The Morgan fingerprint density at radius 1 is 1.22 bits per heavy atom. The van der Waals surface area contributed by atoms with E-state index in [4.69, 9.17) is 16.3 Å². The van der Waals surface area contributed by atoms with Gasteiger partial charge in [0.25, 0.3) is 0 Å². The summed E-state index contributed by atoms with van der Waals surface area (Å²) in [6.07, 6.45) is 4.76. The minimum Gasteiger partial charge on any atom is -0.497 e. The summed E-state index contributed by atoms with van der Waals surface area (Å²) in [5.74, 6) is -1.23. The van der Waals surface area contributed by atoms with Gasteiger partial charge in [0.1, 0.15) is 17.4 Å². The van der Waals surface area contributed by atoms with Crippen LogP contribution in [-0.2, 0) is 11.2 Å². The maximum atomic E-state index is 14.5. The Labute approximate surface area is 215 Å². The van der Waals surface area contributed by atoms with Gasteiger partial charge >= 0.3 is 5.97 Å². The van der Waals surface area contributed by atoms with Crippen molar-refractivity contribution in [3.05, 3.63) is 70.4 Å². The molecule has 2 heterocycles. The summed E-state index contributed by atoms with van der Waals surface area (Å²) >= 11 is 6.48. The number of carboxylic acids is 1. The number of hydrogen-bond donors (Lipinski definition) is 1. The molecule has 0 radical (unpaired) electrons. The molecule has 1 aromatic heterocycles. The summed E-state index contributed by atoms with van der Waals surface area (Å²) in [6.45, 7) is 2.83. The first-order valence-electron chi connectivity index (χ1n) is 12.3. The Morgan fingerprint density at radius 3 is 2.53 bits per heavy atom. The average molecular weight is 517 g/mol. The highest BCUT2D eigenvalue weighted by Gasteiger charge is 2.42. The van der Waals surface area contributed by atoms with E-state index in [0.717, 1.165) is 16.5 Å². The van der Waals surface area contributed by atoms with Gasteiger partial charge in [0.15, 0.2) is 0 Å². The van der Waals surface area contributed by atoms with E-state index in [1.807, 2.05) is 30.0 Å². The number of aryl methyl sites for hydroxylation is 1. The van der Waals surface area contributed by atoms with Crippen molar-refractivity contribution in [1.82, 2.24) is 9.88 Å². The van der Waals surface area contributed by atoms with Gasteiger partial charge in [-0.2, -0.15) is 0 Å². The fraction of sp³-hybridized carbons (Fsp3) is 0.429. The maximum Gasteiger partial charge on any atom is 0.309 e. The van der Waals surface area contributed by atoms with Gasteiger partial charge in [-0.05, 0) is 87.5 Å². The number of aliphatic carboxylic acids is 1. The van der Waals surface area contributed by atoms with Gasteiger partial charge in [-0.1, -0.05) is 24.6 Å². The molecule has 1 saturated heterocycles. The molecule has 2 aromatic carbocycles. The van der Waals surface area contributed by atoms with Gasteiger partial charge in [0, 0.05) is 23.2 Å². The van der Waals surface area contributed by atoms with E-state index in [9.17, 15) is 18.7 Å². The lowest BCUT2D eigenvalue weighted by Crippen LogP contribution is -2.45. The zero-order chi connectivity index (χ0) is 25.9. The Morgan fingerprint density at radius 2 is 1.92 bits per heavy atom. The molecular formula is C28H31ClF2N2O3. The molecular weight excluding hydrogens is 486 g/mol. The Bertz CT molecular complexity index is 1220. The number of rotatable bonds is 9. The van der Waals surface area contributed by atoms with Crippen LogP contribution in [0.25, 0.3) is 10.9 Å². The number of pyridine rings is 1. The summed E-state index contributed by atoms with van der Waals surface area (Å²) < 4.78 is 34.3. The lowest BCUT2D eigenvalue weighted by atomic mass is 9.73. The van der Waals surface area contributed by atoms with E-state index in [2.05, 4.69) is 4.98 Å². The maximum absolute atomic E-state index is 14.5. The number of hydrogen-bond acceptors (Lipinski definition) is 4. The highest BCUT2D eigenvalue weighted by molar-refractivity contribution is 6.32. The van der Waals surface area contributed by atoms with E-state index >= 15 is 0 Å². The second-order valence-corrected chi connectivity index (χ2v) is 9.91. The van der Waals surface area contributed by atoms with Crippen molar-refractivity contribution in [3.63, 3.8) is 0 Å². The number of benzene rings is 2. The first-order valence-corrected chi connectivity index (χ1v) is 12.7. The van der Waals surface area contributed by atoms with Crippen LogP contribution in [0.3, 0.4) is 0 Å². The molecule has 0 amide bonds. The highest BCUT2D eigenvalue weighted by Crippen LogP contribution is 2.41. The summed E-state index contributed by atoms with van der Waals surface area (Å²) in [4.78, 5) is 18.8. The van der Waals surface area contributed by atoms with E-state index in [1.165, 1.54) is 18.2 Å². The minimum atomic E-state index is -0.879. The molecule has 0 bridgehead atoms. The normalized spacial score (nSPS) is 16.7. The van der Waals surface area contributed by atoms with Crippen LogP contribution in [0.2, 0.25) is 5.02 Å². The summed E-state index contributed by atoms with van der Waals surface area (Å²) in [5.41, 5.74) is 0.926. The molecule has 4 rings (SSSR count). The number of methoxy groups -OCH3 is 1. The van der Waals surface area contributed by atoms with Gasteiger partial charge in [-0.3, -0.25) is 14.7 Å². The van der Waals surface area contributed by atoms with Crippen molar-refractivity contribution in [1.29, 1.82) is 0 Å². The predicted octanol–water partition coefficient (Wildman–Crippen LogP) is 6.82. The van der Waals surface area contributed by atoms with Crippen LogP contribution in [-0.4, -0.2) is 41.2 Å². The Hall–Kier alpha value is -2.77. The molecule has 192 valence electrons. The lowest BCUT2D eigenvalue weighted by molar-refractivity contribution is -0.153. The third-order valence-corrected chi connectivity index (χ3v) is 7.91. The number of aromatic nitrogens is 1. The molecule has 0 aliphatic carbocycles. The van der Waals surface area contributed by atoms with Crippen molar-refractivity contribution in [3.8, 4) is 5.75 Å². The van der Waals surface area contributed by atoms with E-state index in [-0.39, 0.29) is 5.56 Å². The number of fused-ring (bicyclic) bond motifs is 1. The number of piperidine rings is 1. The predicted molar refractivity (Wildman–Crippen MR) is 137 cm³/mol. The molecule has 1 aliphatic rings. The first-order chi connectivity index (χ1) is 17.3. The topological polar surface area (TPSA) is 62.7 Å². The fourth-order valence-electron chi connectivity index (χ4n) is 5.50. The van der Waals surface area contributed by atoms with Gasteiger partial charge in [-0.25, -0.2) is 8.78 Å². The van der Waals surface area contributed by atoms with E-state index < -0.39 is 29.1 Å². The van der Waals surface area contributed by atoms with Gasteiger partial charge in [-0.15, -0.1) is 0 Å². The second kappa shape index (κ2) is 11.1. The average Bonchev–Trinajstić information content (AvgIpc) is 2.87. The molecule has 8 heteroatoms. The smallest absolute Gasteiger partial charge is 0.309 e. The van der Waals surface area contributed by atoms with Crippen LogP contribution < -0.4 is 4.74 Å². The van der Waals surface area contributed by atoms with Gasteiger partial charge < -0.3 is 9.84 Å². The van der Waals surface area contributed by atoms with Crippen molar-refractivity contribution >= 4 is 28.5 Å². The molecule has 1 N–H and O–H groups in total. The largest absolute Gasteiger partial charge is 0.497 e. The quantitative estimate of drug-likeness (QED) is 0.338. The van der Waals surface area contributed by atoms with Gasteiger partial charge in [0.05, 0.1) is 23.1 Å². The number of ether oxygens (including phenoxy) is 1. The van der Waals surface area contributed by atoms with Crippen molar-refractivity contribution in [2.45, 2.75) is 51.5 Å². The molecule has 1 aliphatic heterocycles. The number of carbonyl (C=O) groups is 1. The van der Waals surface area contributed by atoms with Gasteiger partial charge in [0.2, 0.25) is 0 Å². The third-order valence-electron chi connectivity index (χ3n) is 7.59. The fourth-order valence-corrected chi connectivity index (χ4v) is 5.74. The molecule has 1 unspecified atom stereocenters. The molecule has 36 heavy (non-hydrogen) atoms. The standard InChI is InChI=1S/C28H31ClF2N2O3/c1-3-25(26-22(30)7-4-8-23(26)31)33-14-12-28(13-15-33,27(34)35)11-5-6-19-20-16-18(36-2)9-10-24(20)32-17-21(19)29/h4,7-10,16-17,25H,3,5-6,11-15H2,1-2H3,(H,34,35). The van der Waals surface area contributed by atoms with Crippen LogP contribution >= 0.6 is 11.6 Å². The van der Waals surface area contributed by atoms with Crippen molar-refractivity contribution in [2.24, 2.45) is 5.41 Å². The molecule has 0 saturated carbocycles. The molecule has 3 aromatic rings. The zero-order valence-corrected chi connectivity index (χ0v) is 21.3. The van der Waals surface area contributed by atoms with Crippen LogP contribution in [0.1, 0.15) is 56.2 Å².